The molecule has 0 aromatic rings. The van der Waals surface area contributed by atoms with Crippen LogP contribution in [0, 0.1) is 0 Å². The summed E-state index contributed by atoms with van der Waals surface area (Å²) in [7, 11) is -0.775. The average molecular weight is 210 g/mol. The van der Waals surface area contributed by atoms with Crippen LogP contribution in [-0.2, 0) is 0 Å². The molecule has 0 saturated carbocycles. The molecule has 8 heavy (non-hydrogen) atoms. The van der Waals surface area contributed by atoms with E-state index in [1.165, 1.54) is 0 Å². The summed E-state index contributed by atoms with van der Waals surface area (Å²) in [6, 6.07) is 0. The zero-order chi connectivity index (χ0) is 7.00. The van der Waals surface area contributed by atoms with Crippen LogP contribution in [0.2, 0.25) is 32.7 Å². The summed E-state index contributed by atoms with van der Waals surface area (Å²) in [4.78, 5) is 0. The molecule has 0 N–H and O–H groups in total. The number of hydrogen-bond acceptors (Lipinski definition) is 0. The van der Waals surface area contributed by atoms with E-state index < -0.39 is 13.8 Å². The topological polar surface area (TPSA) is 0 Å². The van der Waals surface area contributed by atoms with E-state index in [1.54, 1.807) is 0 Å². The van der Waals surface area contributed by atoms with E-state index in [4.69, 9.17) is 0 Å². The summed E-state index contributed by atoms with van der Waals surface area (Å²) in [5, 5.41) is 0. The Balaban J connectivity index is 4.02. The molecule has 0 fully saturated rings. The normalized spacial score (nSPS) is 14.2. The Morgan fingerprint density at radius 2 is 1.00 bits per heavy atom. The molecule has 0 spiro atoms. The quantitative estimate of drug-likeness (QED) is 0.579. The van der Waals surface area contributed by atoms with Crippen molar-refractivity contribution in [2.24, 2.45) is 0 Å². The van der Waals surface area contributed by atoms with Crippen molar-refractivity contribution in [3.05, 3.63) is 0 Å². The summed E-state index contributed by atoms with van der Waals surface area (Å²) in [6.07, 6.45) is -0.845. The van der Waals surface area contributed by atoms with Crippen LogP contribution in [0.1, 0.15) is 0 Å². The van der Waals surface area contributed by atoms with Gasteiger partial charge in [0.15, 0.2) is 0 Å². The van der Waals surface area contributed by atoms with Gasteiger partial charge in [-0.25, -0.2) is 0 Å². The van der Waals surface area contributed by atoms with Gasteiger partial charge in [0, 0.05) is 0 Å². The van der Waals surface area contributed by atoms with E-state index in [-0.39, 0.29) is 0 Å². The standard InChI is InChI=1S/C5H15SeSi2/c1-7(2,3)8(4,5)6/h1-5H3/q-1. The van der Waals surface area contributed by atoms with Crippen LogP contribution in [0.5, 0.6) is 0 Å². The third-order valence-corrected chi connectivity index (χ3v) is 27.8. The van der Waals surface area contributed by atoms with Gasteiger partial charge < -0.3 is 0 Å². The van der Waals surface area contributed by atoms with Gasteiger partial charge in [-0.2, -0.15) is 0 Å². The average Bonchev–Trinajstić information content (AvgIpc) is 1.25. The number of rotatable bonds is 1. The van der Waals surface area contributed by atoms with E-state index in [2.05, 4.69) is 48.1 Å². The molecule has 0 aromatic carbocycles. The summed E-state index contributed by atoms with van der Waals surface area (Å²) in [5.74, 6) is 0. The van der Waals surface area contributed by atoms with Crippen LogP contribution in [0.3, 0.4) is 0 Å². The summed E-state index contributed by atoms with van der Waals surface area (Å²) in [6.45, 7) is 12.2. The Bertz CT molecular complexity index is 65.4. The Labute approximate surface area is 62.1 Å². The molecular weight excluding hydrogens is 195 g/mol. The van der Waals surface area contributed by atoms with Gasteiger partial charge in [-0.15, -0.1) is 0 Å². The van der Waals surface area contributed by atoms with Crippen LogP contribution in [0.25, 0.3) is 0 Å². The third-order valence-electron chi connectivity index (χ3n) is 1.81. The first-order valence-corrected chi connectivity index (χ1v) is 12.9. The van der Waals surface area contributed by atoms with Crippen molar-refractivity contribution in [3.8, 4) is 0 Å². The minimum absolute atomic E-state index is 0.775. The molecule has 0 aliphatic heterocycles. The predicted octanol–water partition coefficient (Wildman–Crippen LogP) is 1.78. The second-order valence-electron chi connectivity index (χ2n) is 3.76. The fourth-order valence-electron chi connectivity index (χ4n) is 0. The molecular formula is C5H15SeSi2-. The Morgan fingerprint density at radius 3 is 1.00 bits per heavy atom. The van der Waals surface area contributed by atoms with Gasteiger partial charge in [0.2, 0.25) is 0 Å². The van der Waals surface area contributed by atoms with Crippen LogP contribution in [-0.4, -0.2) is 29.2 Å². The summed E-state index contributed by atoms with van der Waals surface area (Å²) in [5.41, 5.74) is 0. The second kappa shape index (κ2) is 2.29. The molecule has 0 aliphatic carbocycles. The molecule has 0 rings (SSSR count). The fourth-order valence-corrected chi connectivity index (χ4v) is 0. The molecule has 0 saturated heterocycles. The van der Waals surface area contributed by atoms with Gasteiger partial charge in [0.05, 0.1) is 0 Å². The molecule has 0 atom stereocenters. The van der Waals surface area contributed by atoms with Crippen molar-refractivity contribution >= 4 is 29.2 Å². The van der Waals surface area contributed by atoms with Gasteiger partial charge in [-0.3, -0.25) is 0 Å². The van der Waals surface area contributed by atoms with Crippen molar-refractivity contribution in [2.45, 2.75) is 32.7 Å². The third kappa shape index (κ3) is 2.49. The Kier molecular flexibility index (Phi) is 2.56. The predicted molar refractivity (Wildman–Crippen MR) is 46.6 cm³/mol. The van der Waals surface area contributed by atoms with Crippen LogP contribution >= 0.6 is 0 Å². The van der Waals surface area contributed by atoms with E-state index in [0.29, 0.717) is 0 Å². The zero-order valence-electron chi connectivity index (χ0n) is 6.41. The van der Waals surface area contributed by atoms with E-state index in [1.807, 2.05) is 0 Å². The molecule has 0 nitrogen and oxygen atoms in total. The molecule has 3 heteroatoms. The first-order chi connectivity index (χ1) is 3.25. The van der Waals surface area contributed by atoms with Gasteiger partial charge in [0.1, 0.15) is 0 Å². The van der Waals surface area contributed by atoms with Crippen molar-refractivity contribution in [3.63, 3.8) is 0 Å². The molecule has 0 radical (unpaired) electrons. The monoisotopic (exact) mass is 211 g/mol. The summed E-state index contributed by atoms with van der Waals surface area (Å²) >= 11 is 3.36. The molecule has 0 unspecified atom stereocenters. The maximum absolute atomic E-state index is 3.36. The SMILES string of the molecule is C[Si](C)(C)[Si](C)(C)[Se-]. The van der Waals surface area contributed by atoms with Crippen molar-refractivity contribution in [2.75, 3.05) is 0 Å². The minimum atomic E-state index is -0.845. The van der Waals surface area contributed by atoms with Crippen molar-refractivity contribution in [1.82, 2.24) is 0 Å². The fraction of sp³-hybridized carbons (Fsp3) is 1.00. The van der Waals surface area contributed by atoms with Gasteiger partial charge >= 0.3 is 61.9 Å². The number of hydrogen-bond donors (Lipinski definition) is 0. The van der Waals surface area contributed by atoms with Gasteiger partial charge in [-0.05, 0) is 0 Å². The van der Waals surface area contributed by atoms with E-state index in [0.717, 1.165) is 0 Å². The first-order valence-electron chi connectivity index (χ1n) is 2.95. The van der Waals surface area contributed by atoms with E-state index in [9.17, 15) is 0 Å². The first kappa shape index (κ1) is 8.95. The molecule has 0 bridgehead atoms. The molecule has 0 heterocycles. The Morgan fingerprint density at radius 1 is 0.875 bits per heavy atom. The van der Waals surface area contributed by atoms with Crippen LogP contribution in [0.15, 0.2) is 0 Å². The summed E-state index contributed by atoms with van der Waals surface area (Å²) < 4.78 is 0. The second-order valence-corrected chi connectivity index (χ2v) is 28.4. The maximum atomic E-state index is 3.36. The zero-order valence-corrected chi connectivity index (χ0v) is 10.1. The van der Waals surface area contributed by atoms with Gasteiger partial charge in [-0.1, -0.05) is 0 Å². The Hall–Kier alpha value is 0.953. The molecule has 0 amide bonds. The van der Waals surface area contributed by atoms with Crippen molar-refractivity contribution in [1.29, 1.82) is 0 Å². The molecule has 50 valence electrons. The molecule has 0 aliphatic rings. The van der Waals surface area contributed by atoms with Crippen LogP contribution in [0.4, 0.5) is 0 Å². The van der Waals surface area contributed by atoms with Crippen molar-refractivity contribution < 1.29 is 0 Å². The van der Waals surface area contributed by atoms with Gasteiger partial charge in [0.25, 0.3) is 0 Å². The van der Waals surface area contributed by atoms with Crippen LogP contribution < -0.4 is 0 Å². The van der Waals surface area contributed by atoms with E-state index >= 15 is 0 Å². The molecule has 0 aromatic heterocycles.